The van der Waals surface area contributed by atoms with Crippen LogP contribution in [-0.4, -0.2) is 11.1 Å². The second-order valence-electron chi connectivity index (χ2n) is 5.50. The molecular formula is C17H14BrFO2. The fourth-order valence-corrected chi connectivity index (χ4v) is 3.74. The summed E-state index contributed by atoms with van der Waals surface area (Å²) in [7, 11) is 0. The highest BCUT2D eigenvalue weighted by Crippen LogP contribution is 2.42. The minimum Gasteiger partial charge on any atom is -0.481 e. The number of benzene rings is 2. The van der Waals surface area contributed by atoms with E-state index in [1.54, 1.807) is 6.07 Å². The fraction of sp³-hybridized carbons (Fsp3) is 0.235. The lowest BCUT2D eigenvalue weighted by atomic mass is 9.76. The standard InChI is InChI=1S/C17H14BrFO2/c18-13-7-11(8-14(19)9-13)10-17(16(20)21)6-5-12-3-1-2-4-15(12)17/h1-4,7-9H,5-6,10H2,(H,20,21). The molecular weight excluding hydrogens is 335 g/mol. The van der Waals surface area contributed by atoms with Crippen molar-refractivity contribution in [1.29, 1.82) is 0 Å². The van der Waals surface area contributed by atoms with Gasteiger partial charge in [-0.1, -0.05) is 40.2 Å². The second-order valence-corrected chi connectivity index (χ2v) is 6.41. The van der Waals surface area contributed by atoms with E-state index in [2.05, 4.69) is 15.9 Å². The van der Waals surface area contributed by atoms with Crippen LogP contribution in [-0.2, 0) is 23.1 Å². The van der Waals surface area contributed by atoms with Crippen molar-refractivity contribution in [1.82, 2.24) is 0 Å². The van der Waals surface area contributed by atoms with Crippen LogP contribution in [0.2, 0.25) is 0 Å². The maximum Gasteiger partial charge on any atom is 0.314 e. The van der Waals surface area contributed by atoms with Crippen LogP contribution < -0.4 is 0 Å². The van der Waals surface area contributed by atoms with Gasteiger partial charge in [-0.2, -0.15) is 0 Å². The van der Waals surface area contributed by atoms with E-state index in [0.29, 0.717) is 22.9 Å². The molecule has 2 nitrogen and oxygen atoms in total. The van der Waals surface area contributed by atoms with Crippen molar-refractivity contribution in [3.05, 3.63) is 69.4 Å². The molecule has 0 fully saturated rings. The number of carbonyl (C=O) groups is 1. The molecule has 0 radical (unpaired) electrons. The van der Waals surface area contributed by atoms with Gasteiger partial charge in [-0.15, -0.1) is 0 Å². The molecule has 0 heterocycles. The highest BCUT2D eigenvalue weighted by Gasteiger charge is 2.45. The van der Waals surface area contributed by atoms with Gasteiger partial charge in [0.2, 0.25) is 0 Å². The van der Waals surface area contributed by atoms with Crippen molar-refractivity contribution in [2.24, 2.45) is 0 Å². The number of carboxylic acid groups (broad SMARTS) is 1. The smallest absolute Gasteiger partial charge is 0.314 e. The molecule has 2 aromatic rings. The Bertz CT molecular complexity index is 693. The van der Waals surface area contributed by atoms with E-state index in [-0.39, 0.29) is 5.82 Å². The first kappa shape index (κ1) is 14.3. The van der Waals surface area contributed by atoms with Crippen molar-refractivity contribution in [2.45, 2.75) is 24.7 Å². The number of carboxylic acids is 1. The predicted octanol–water partition coefficient (Wildman–Crippen LogP) is 4.10. The molecule has 0 aliphatic heterocycles. The van der Waals surface area contributed by atoms with Gasteiger partial charge >= 0.3 is 5.97 Å². The number of aryl methyl sites for hydroxylation is 1. The summed E-state index contributed by atoms with van der Waals surface area (Å²) in [4.78, 5) is 12.0. The number of fused-ring (bicyclic) bond motifs is 1. The third-order valence-electron chi connectivity index (χ3n) is 4.19. The Kier molecular flexibility index (Phi) is 3.57. The molecule has 0 amide bonds. The zero-order valence-corrected chi connectivity index (χ0v) is 12.9. The minimum atomic E-state index is -0.955. The summed E-state index contributed by atoms with van der Waals surface area (Å²) in [6.07, 6.45) is 1.60. The summed E-state index contributed by atoms with van der Waals surface area (Å²) in [5.74, 6) is -1.20. The lowest BCUT2D eigenvalue weighted by Crippen LogP contribution is -2.35. The molecule has 0 saturated heterocycles. The molecule has 1 unspecified atom stereocenters. The van der Waals surface area contributed by atoms with E-state index in [9.17, 15) is 14.3 Å². The first-order chi connectivity index (χ1) is 10.0. The number of rotatable bonds is 3. The average molecular weight is 349 g/mol. The van der Waals surface area contributed by atoms with Crippen LogP contribution in [0.25, 0.3) is 0 Å². The molecule has 2 aromatic carbocycles. The average Bonchev–Trinajstić information content (AvgIpc) is 2.78. The topological polar surface area (TPSA) is 37.3 Å². The molecule has 0 saturated carbocycles. The molecule has 3 rings (SSSR count). The van der Waals surface area contributed by atoms with Crippen LogP contribution in [0.3, 0.4) is 0 Å². The van der Waals surface area contributed by atoms with Crippen molar-refractivity contribution >= 4 is 21.9 Å². The highest BCUT2D eigenvalue weighted by atomic mass is 79.9. The van der Waals surface area contributed by atoms with E-state index < -0.39 is 11.4 Å². The Morgan fingerprint density at radius 1 is 1.29 bits per heavy atom. The highest BCUT2D eigenvalue weighted by molar-refractivity contribution is 9.10. The zero-order valence-electron chi connectivity index (χ0n) is 11.3. The van der Waals surface area contributed by atoms with Crippen LogP contribution >= 0.6 is 15.9 Å². The van der Waals surface area contributed by atoms with E-state index in [0.717, 1.165) is 17.5 Å². The Hall–Kier alpha value is -1.68. The Labute approximate surface area is 130 Å². The van der Waals surface area contributed by atoms with Crippen LogP contribution in [0.4, 0.5) is 4.39 Å². The monoisotopic (exact) mass is 348 g/mol. The van der Waals surface area contributed by atoms with Gasteiger partial charge < -0.3 is 5.11 Å². The second kappa shape index (κ2) is 5.26. The molecule has 1 N–H and O–H groups in total. The Morgan fingerprint density at radius 2 is 2.05 bits per heavy atom. The third-order valence-corrected chi connectivity index (χ3v) is 4.65. The lowest BCUT2D eigenvalue weighted by molar-refractivity contribution is -0.143. The summed E-state index contributed by atoms with van der Waals surface area (Å²) >= 11 is 3.26. The van der Waals surface area contributed by atoms with Gasteiger partial charge in [-0.3, -0.25) is 4.79 Å². The number of aliphatic carboxylic acids is 1. The lowest BCUT2D eigenvalue weighted by Gasteiger charge is -2.26. The molecule has 0 spiro atoms. The van der Waals surface area contributed by atoms with E-state index in [1.165, 1.54) is 12.1 Å². The maximum atomic E-state index is 13.5. The quantitative estimate of drug-likeness (QED) is 0.906. The third kappa shape index (κ3) is 2.48. The number of hydrogen-bond acceptors (Lipinski definition) is 1. The molecule has 4 heteroatoms. The molecule has 0 aromatic heterocycles. The van der Waals surface area contributed by atoms with Crippen LogP contribution in [0.15, 0.2) is 46.9 Å². The molecule has 1 aliphatic carbocycles. The van der Waals surface area contributed by atoms with Gasteiger partial charge in [0, 0.05) is 4.47 Å². The summed E-state index contributed by atoms with van der Waals surface area (Å²) < 4.78 is 14.2. The molecule has 0 bridgehead atoms. The van der Waals surface area contributed by atoms with Gasteiger partial charge in [0.25, 0.3) is 0 Å². The van der Waals surface area contributed by atoms with Gasteiger partial charge in [-0.05, 0) is 54.2 Å². The van der Waals surface area contributed by atoms with E-state index in [4.69, 9.17) is 0 Å². The normalized spacial score (nSPS) is 20.3. The number of halogens is 2. The van der Waals surface area contributed by atoms with Crippen LogP contribution in [0.5, 0.6) is 0 Å². The van der Waals surface area contributed by atoms with Crippen LogP contribution in [0.1, 0.15) is 23.1 Å². The van der Waals surface area contributed by atoms with Crippen molar-refractivity contribution in [3.8, 4) is 0 Å². The van der Waals surface area contributed by atoms with Crippen molar-refractivity contribution < 1.29 is 14.3 Å². The molecule has 1 aliphatic rings. The van der Waals surface area contributed by atoms with E-state index in [1.807, 2.05) is 24.3 Å². The van der Waals surface area contributed by atoms with Gasteiger partial charge in [0.1, 0.15) is 5.82 Å². The van der Waals surface area contributed by atoms with Gasteiger partial charge in [0.15, 0.2) is 0 Å². The van der Waals surface area contributed by atoms with E-state index >= 15 is 0 Å². The van der Waals surface area contributed by atoms with Crippen LogP contribution in [0, 0.1) is 5.82 Å². The zero-order chi connectivity index (χ0) is 15.0. The van der Waals surface area contributed by atoms with Crippen molar-refractivity contribution in [2.75, 3.05) is 0 Å². The molecule has 21 heavy (non-hydrogen) atoms. The SMILES string of the molecule is O=C(O)C1(Cc2cc(F)cc(Br)c2)CCc2ccccc21. The first-order valence-corrected chi connectivity index (χ1v) is 7.57. The predicted molar refractivity (Wildman–Crippen MR) is 81.9 cm³/mol. The largest absolute Gasteiger partial charge is 0.481 e. The molecule has 108 valence electrons. The Balaban J connectivity index is 2.06. The molecule has 1 atom stereocenters. The summed E-state index contributed by atoms with van der Waals surface area (Å²) in [5, 5.41) is 9.80. The maximum absolute atomic E-state index is 13.5. The fourth-order valence-electron chi connectivity index (χ4n) is 3.23. The summed E-state index contributed by atoms with van der Waals surface area (Å²) in [5.41, 5.74) is 1.68. The van der Waals surface area contributed by atoms with Gasteiger partial charge in [-0.25, -0.2) is 4.39 Å². The Morgan fingerprint density at radius 3 is 2.76 bits per heavy atom. The first-order valence-electron chi connectivity index (χ1n) is 6.78. The minimum absolute atomic E-state index is 0.301. The van der Waals surface area contributed by atoms with Gasteiger partial charge in [0.05, 0.1) is 5.41 Å². The van der Waals surface area contributed by atoms with Crippen molar-refractivity contribution in [3.63, 3.8) is 0 Å². The number of hydrogen-bond donors (Lipinski definition) is 1. The summed E-state index contributed by atoms with van der Waals surface area (Å²) in [6, 6.07) is 12.2. The summed E-state index contributed by atoms with van der Waals surface area (Å²) in [6.45, 7) is 0.